The topological polar surface area (TPSA) is 94.7 Å². The number of nitro groups is 1. The van der Waals surface area contributed by atoms with Gasteiger partial charge >= 0.3 is 0 Å². The molecule has 30 heavy (non-hydrogen) atoms. The smallest absolute Gasteiger partial charge is 0.258 e. The standard InChI is InChI=1S/C21H12ClN5O2S/c1-11-6-7-30-21(11)16-10-23-18-13(19(25-16)12-4-2-3-5-15(12)22)8-17(27(28)29)20-14(18)9-24-26-20/h2-10H,1H3. The first-order valence-corrected chi connectivity index (χ1v) is 10.2. The summed E-state index contributed by atoms with van der Waals surface area (Å²) >= 11 is 8.05. The lowest BCUT2D eigenvalue weighted by Gasteiger charge is -2.06. The first-order valence-electron chi connectivity index (χ1n) is 8.93. The van der Waals surface area contributed by atoms with Crippen LogP contribution in [0.2, 0.25) is 5.02 Å². The van der Waals surface area contributed by atoms with E-state index in [1.54, 1.807) is 23.6 Å². The van der Waals surface area contributed by atoms with Gasteiger partial charge in [0.15, 0.2) is 5.52 Å². The van der Waals surface area contributed by atoms with E-state index in [0.29, 0.717) is 38.3 Å². The predicted octanol–water partition coefficient (Wildman–Crippen LogP) is 5.84. The highest BCUT2D eigenvalue weighted by Gasteiger charge is 2.22. The highest BCUT2D eigenvalue weighted by Crippen LogP contribution is 2.38. The molecule has 5 rings (SSSR count). The zero-order valence-electron chi connectivity index (χ0n) is 15.5. The van der Waals surface area contributed by atoms with Crippen LogP contribution in [-0.4, -0.2) is 25.1 Å². The molecule has 0 aliphatic heterocycles. The molecule has 5 aromatic rings. The molecule has 0 N–H and O–H groups in total. The minimum atomic E-state index is -0.468. The SMILES string of the molecule is Cc1ccsc1-c1cnc2c(cc([N+](=O)[O-])c3nncc32)c(-c2ccccc2Cl)n1. The second-order valence-electron chi connectivity index (χ2n) is 6.67. The summed E-state index contributed by atoms with van der Waals surface area (Å²) in [5.74, 6) is 0. The lowest BCUT2D eigenvalue weighted by Crippen LogP contribution is -1.92. The molecule has 0 saturated carbocycles. The Balaban J connectivity index is 1.99. The summed E-state index contributed by atoms with van der Waals surface area (Å²) in [6.07, 6.45) is 3.17. The average Bonchev–Trinajstić information content (AvgIpc) is 3.34. The normalized spacial score (nSPS) is 11.3. The summed E-state index contributed by atoms with van der Waals surface area (Å²) in [5, 5.41) is 23.0. The van der Waals surface area contributed by atoms with Crippen molar-refractivity contribution in [1.29, 1.82) is 0 Å². The Morgan fingerprint density at radius 1 is 1.10 bits per heavy atom. The molecule has 0 unspecified atom stereocenters. The zero-order valence-corrected chi connectivity index (χ0v) is 17.1. The Bertz CT molecular complexity index is 1470. The van der Waals surface area contributed by atoms with Crippen molar-refractivity contribution in [3.8, 4) is 21.8 Å². The van der Waals surface area contributed by atoms with Crippen molar-refractivity contribution in [1.82, 2.24) is 20.2 Å². The molecule has 0 spiro atoms. The van der Waals surface area contributed by atoms with Gasteiger partial charge in [-0.15, -0.1) is 16.4 Å². The summed E-state index contributed by atoms with van der Waals surface area (Å²) < 4.78 is 0. The number of nitro benzene ring substituents is 1. The van der Waals surface area contributed by atoms with Crippen molar-refractivity contribution in [2.45, 2.75) is 6.92 Å². The molecule has 0 amide bonds. The van der Waals surface area contributed by atoms with E-state index >= 15 is 0 Å². The average molecular weight is 434 g/mol. The second kappa shape index (κ2) is 7.08. The molecule has 3 heterocycles. The fourth-order valence-electron chi connectivity index (χ4n) is 3.44. The van der Waals surface area contributed by atoms with E-state index in [0.717, 1.165) is 10.4 Å². The van der Waals surface area contributed by atoms with Gasteiger partial charge in [-0.05, 0) is 30.0 Å². The van der Waals surface area contributed by atoms with Crippen LogP contribution in [0.25, 0.3) is 43.6 Å². The van der Waals surface area contributed by atoms with Crippen LogP contribution in [0.15, 0.2) is 54.2 Å². The monoisotopic (exact) mass is 433 g/mol. The van der Waals surface area contributed by atoms with Gasteiger partial charge in [-0.3, -0.25) is 15.1 Å². The summed E-state index contributed by atoms with van der Waals surface area (Å²) in [6, 6.07) is 10.7. The molecule has 146 valence electrons. The summed E-state index contributed by atoms with van der Waals surface area (Å²) in [5.41, 5.74) is 3.50. The number of aromatic nitrogens is 4. The summed E-state index contributed by atoms with van der Waals surface area (Å²) in [6.45, 7) is 2.00. The van der Waals surface area contributed by atoms with E-state index in [1.807, 2.05) is 36.6 Å². The number of nitrogens with zero attached hydrogens (tertiary/aromatic N) is 5. The highest BCUT2D eigenvalue weighted by molar-refractivity contribution is 7.13. The number of rotatable bonds is 3. The van der Waals surface area contributed by atoms with Crippen molar-refractivity contribution < 1.29 is 4.92 Å². The van der Waals surface area contributed by atoms with Gasteiger partial charge in [0, 0.05) is 22.0 Å². The van der Waals surface area contributed by atoms with Crippen molar-refractivity contribution in [2.24, 2.45) is 0 Å². The molecule has 7 nitrogen and oxygen atoms in total. The van der Waals surface area contributed by atoms with Crippen molar-refractivity contribution in [2.75, 3.05) is 0 Å². The molecule has 0 saturated heterocycles. The van der Waals surface area contributed by atoms with Gasteiger partial charge in [0.2, 0.25) is 0 Å². The van der Waals surface area contributed by atoms with Crippen molar-refractivity contribution >= 4 is 50.4 Å². The number of benzene rings is 2. The van der Waals surface area contributed by atoms with Crippen LogP contribution in [-0.2, 0) is 0 Å². The maximum Gasteiger partial charge on any atom is 0.298 e. The van der Waals surface area contributed by atoms with E-state index in [-0.39, 0.29) is 11.2 Å². The molecule has 2 aromatic carbocycles. The molecule has 0 fully saturated rings. The van der Waals surface area contributed by atoms with Crippen LogP contribution in [0.4, 0.5) is 5.69 Å². The van der Waals surface area contributed by atoms with E-state index in [4.69, 9.17) is 16.6 Å². The van der Waals surface area contributed by atoms with Gasteiger partial charge in [0.1, 0.15) is 0 Å². The quantitative estimate of drug-likeness (QED) is 0.262. The molecule has 0 aliphatic rings. The van der Waals surface area contributed by atoms with E-state index in [1.165, 1.54) is 12.3 Å². The van der Waals surface area contributed by atoms with Crippen LogP contribution in [0.3, 0.4) is 0 Å². The van der Waals surface area contributed by atoms with Gasteiger partial charge in [-0.25, -0.2) is 4.98 Å². The second-order valence-corrected chi connectivity index (χ2v) is 8.00. The fourth-order valence-corrected chi connectivity index (χ4v) is 4.54. The molecule has 0 radical (unpaired) electrons. The number of fused-ring (bicyclic) bond motifs is 3. The Kier molecular flexibility index (Phi) is 4.38. The van der Waals surface area contributed by atoms with E-state index in [9.17, 15) is 10.1 Å². The number of non-ortho nitro benzene ring substituents is 1. The number of halogens is 1. The summed E-state index contributed by atoms with van der Waals surface area (Å²) in [7, 11) is 0. The van der Waals surface area contributed by atoms with E-state index in [2.05, 4.69) is 15.2 Å². The number of hydrogen-bond acceptors (Lipinski definition) is 7. The minimum Gasteiger partial charge on any atom is -0.258 e. The van der Waals surface area contributed by atoms with Crippen LogP contribution in [0.5, 0.6) is 0 Å². The third-order valence-electron chi connectivity index (χ3n) is 4.86. The Labute approximate surface area is 179 Å². The first kappa shape index (κ1) is 18.5. The Hall–Kier alpha value is -3.49. The van der Waals surface area contributed by atoms with Gasteiger partial charge in [0.25, 0.3) is 5.69 Å². The van der Waals surface area contributed by atoms with Gasteiger partial charge in [-0.1, -0.05) is 29.8 Å². The van der Waals surface area contributed by atoms with Crippen molar-refractivity contribution in [3.63, 3.8) is 0 Å². The van der Waals surface area contributed by atoms with Crippen LogP contribution >= 0.6 is 22.9 Å². The number of thiophene rings is 1. The molecule has 0 aliphatic carbocycles. The van der Waals surface area contributed by atoms with Gasteiger partial charge in [0.05, 0.1) is 44.5 Å². The number of hydrogen-bond donors (Lipinski definition) is 0. The first-order chi connectivity index (χ1) is 14.5. The summed E-state index contributed by atoms with van der Waals surface area (Å²) in [4.78, 5) is 21.8. The lowest BCUT2D eigenvalue weighted by molar-refractivity contribution is -0.383. The molecule has 0 bridgehead atoms. The van der Waals surface area contributed by atoms with Crippen LogP contribution in [0.1, 0.15) is 5.56 Å². The largest absolute Gasteiger partial charge is 0.298 e. The fraction of sp³-hybridized carbons (Fsp3) is 0.0476. The maximum absolute atomic E-state index is 11.7. The maximum atomic E-state index is 11.7. The Morgan fingerprint density at radius 2 is 1.93 bits per heavy atom. The minimum absolute atomic E-state index is 0.146. The van der Waals surface area contributed by atoms with Gasteiger partial charge in [-0.2, -0.15) is 5.10 Å². The third kappa shape index (κ3) is 2.89. The highest BCUT2D eigenvalue weighted by atomic mass is 35.5. The van der Waals surface area contributed by atoms with Crippen LogP contribution < -0.4 is 0 Å². The Morgan fingerprint density at radius 3 is 2.67 bits per heavy atom. The molecule has 3 aromatic heterocycles. The van der Waals surface area contributed by atoms with Gasteiger partial charge < -0.3 is 0 Å². The number of aryl methyl sites for hydroxylation is 1. The molecule has 0 atom stereocenters. The molecular formula is C21H12ClN5O2S. The predicted molar refractivity (Wildman–Crippen MR) is 118 cm³/mol. The van der Waals surface area contributed by atoms with Crippen molar-refractivity contribution in [3.05, 3.63) is 74.9 Å². The third-order valence-corrected chi connectivity index (χ3v) is 6.23. The lowest BCUT2D eigenvalue weighted by atomic mass is 10.0. The molecule has 9 heteroatoms. The van der Waals surface area contributed by atoms with Crippen LogP contribution in [0, 0.1) is 17.0 Å². The molecular weight excluding hydrogens is 422 g/mol. The van der Waals surface area contributed by atoms with E-state index < -0.39 is 4.92 Å². The zero-order chi connectivity index (χ0) is 20.8.